The molecule has 0 aliphatic rings. The van der Waals surface area contributed by atoms with E-state index in [4.69, 9.17) is 4.74 Å². The van der Waals surface area contributed by atoms with E-state index in [0.29, 0.717) is 33.8 Å². The molecule has 0 N–H and O–H groups in total. The van der Waals surface area contributed by atoms with E-state index in [-0.39, 0.29) is 5.82 Å². The third-order valence-electron chi connectivity index (χ3n) is 4.93. The summed E-state index contributed by atoms with van der Waals surface area (Å²) in [6.45, 7) is 2.72. The Hall–Kier alpha value is -3.79. The van der Waals surface area contributed by atoms with E-state index in [9.17, 15) is 4.39 Å². The zero-order valence-electron chi connectivity index (χ0n) is 17.3. The van der Waals surface area contributed by atoms with Gasteiger partial charge >= 0.3 is 0 Å². The van der Waals surface area contributed by atoms with Crippen molar-refractivity contribution < 1.29 is 9.13 Å². The topological polar surface area (TPSA) is 83.0 Å². The third kappa shape index (κ3) is 3.58. The van der Waals surface area contributed by atoms with E-state index in [1.165, 1.54) is 22.3 Å². The Labute approximate surface area is 187 Å². The highest BCUT2D eigenvalue weighted by Crippen LogP contribution is 2.30. The molecule has 0 radical (unpaired) electrons. The lowest BCUT2D eigenvalue weighted by Crippen LogP contribution is -2.01. The molecule has 0 saturated carbocycles. The van der Waals surface area contributed by atoms with Crippen LogP contribution in [0.25, 0.3) is 28.4 Å². The van der Waals surface area contributed by atoms with Crippen LogP contribution in [0.5, 0.6) is 5.75 Å². The number of nitrogens with zero attached hydrogens (tertiary/aromatic N) is 7. The van der Waals surface area contributed by atoms with Crippen LogP contribution in [0.1, 0.15) is 6.92 Å². The predicted octanol–water partition coefficient (Wildman–Crippen LogP) is 4.37. The van der Waals surface area contributed by atoms with Crippen LogP contribution in [0.15, 0.2) is 70.8 Å². The maximum absolute atomic E-state index is 14.3. The van der Waals surface area contributed by atoms with Gasteiger partial charge in [-0.05, 0) is 67.2 Å². The molecule has 0 unspecified atom stereocenters. The van der Waals surface area contributed by atoms with Crippen molar-refractivity contribution in [3.63, 3.8) is 0 Å². The van der Waals surface area contributed by atoms with Crippen LogP contribution in [0.4, 0.5) is 4.39 Å². The van der Waals surface area contributed by atoms with Gasteiger partial charge in [-0.25, -0.2) is 4.39 Å². The molecular weight excluding hydrogens is 429 g/mol. The molecule has 5 rings (SSSR count). The molecule has 0 spiro atoms. The number of methoxy groups -OCH3 is 1. The van der Waals surface area contributed by atoms with Crippen molar-refractivity contribution >= 4 is 17.4 Å². The van der Waals surface area contributed by atoms with Crippen LogP contribution in [-0.4, -0.2) is 41.7 Å². The normalized spacial score (nSPS) is 11.2. The van der Waals surface area contributed by atoms with E-state index >= 15 is 0 Å². The van der Waals surface area contributed by atoms with Gasteiger partial charge in [0, 0.05) is 12.1 Å². The summed E-state index contributed by atoms with van der Waals surface area (Å²) in [5, 5.41) is 23.0. The van der Waals surface area contributed by atoms with Gasteiger partial charge in [-0.15, -0.1) is 20.4 Å². The van der Waals surface area contributed by atoms with Gasteiger partial charge in [0.25, 0.3) is 0 Å². The Bertz CT molecular complexity index is 1400. The van der Waals surface area contributed by atoms with Gasteiger partial charge in [0.1, 0.15) is 16.6 Å². The smallest absolute Gasteiger partial charge is 0.197 e. The Kier molecular flexibility index (Phi) is 5.28. The van der Waals surface area contributed by atoms with Crippen molar-refractivity contribution in [3.05, 3.63) is 66.5 Å². The first-order valence-corrected chi connectivity index (χ1v) is 10.7. The van der Waals surface area contributed by atoms with Gasteiger partial charge < -0.3 is 9.30 Å². The Morgan fingerprint density at radius 3 is 2.44 bits per heavy atom. The first-order chi connectivity index (χ1) is 15.7. The minimum absolute atomic E-state index is 0.341. The second kappa shape index (κ2) is 8.39. The van der Waals surface area contributed by atoms with Crippen molar-refractivity contribution in [2.75, 3.05) is 7.11 Å². The SMILES string of the molecule is CCn1c(Sc2ccc3nnc(-c4ccccc4F)n3n2)nnc1-c1ccc(OC)cc1. The molecule has 0 bridgehead atoms. The van der Waals surface area contributed by atoms with Gasteiger partial charge in [0.2, 0.25) is 0 Å². The fourth-order valence-electron chi connectivity index (χ4n) is 3.33. The van der Waals surface area contributed by atoms with Crippen molar-refractivity contribution in [3.8, 4) is 28.5 Å². The van der Waals surface area contributed by atoms with Crippen LogP contribution >= 0.6 is 11.8 Å². The van der Waals surface area contributed by atoms with E-state index in [0.717, 1.165) is 17.1 Å². The number of halogens is 1. The second-order valence-electron chi connectivity index (χ2n) is 6.83. The molecule has 32 heavy (non-hydrogen) atoms. The average molecular weight is 447 g/mol. The summed E-state index contributed by atoms with van der Waals surface area (Å²) >= 11 is 1.37. The third-order valence-corrected chi connectivity index (χ3v) is 5.84. The zero-order valence-corrected chi connectivity index (χ0v) is 18.1. The first kappa shape index (κ1) is 20.1. The second-order valence-corrected chi connectivity index (χ2v) is 7.81. The molecule has 10 heteroatoms. The summed E-state index contributed by atoms with van der Waals surface area (Å²) in [6, 6.07) is 17.7. The van der Waals surface area contributed by atoms with E-state index < -0.39 is 0 Å². The number of hydrogen-bond donors (Lipinski definition) is 0. The van der Waals surface area contributed by atoms with Crippen molar-refractivity contribution in [2.45, 2.75) is 23.7 Å². The van der Waals surface area contributed by atoms with Gasteiger partial charge in [0.15, 0.2) is 22.5 Å². The zero-order chi connectivity index (χ0) is 22.1. The van der Waals surface area contributed by atoms with Crippen LogP contribution in [0.3, 0.4) is 0 Å². The van der Waals surface area contributed by atoms with E-state index in [2.05, 4.69) is 25.5 Å². The number of aromatic nitrogens is 7. The highest BCUT2D eigenvalue weighted by molar-refractivity contribution is 7.99. The maximum atomic E-state index is 14.3. The van der Waals surface area contributed by atoms with Gasteiger partial charge in [-0.3, -0.25) is 0 Å². The molecule has 0 aliphatic carbocycles. The summed E-state index contributed by atoms with van der Waals surface area (Å²) in [6.07, 6.45) is 0. The van der Waals surface area contributed by atoms with Crippen LogP contribution in [0, 0.1) is 5.82 Å². The maximum Gasteiger partial charge on any atom is 0.197 e. The molecule has 0 aliphatic heterocycles. The van der Waals surface area contributed by atoms with Crippen LogP contribution in [0.2, 0.25) is 0 Å². The average Bonchev–Trinajstić information content (AvgIpc) is 3.43. The van der Waals surface area contributed by atoms with E-state index in [1.807, 2.05) is 41.8 Å². The largest absolute Gasteiger partial charge is 0.497 e. The summed E-state index contributed by atoms with van der Waals surface area (Å²) in [5.41, 5.74) is 1.81. The van der Waals surface area contributed by atoms with E-state index in [1.54, 1.807) is 31.4 Å². The predicted molar refractivity (Wildman–Crippen MR) is 118 cm³/mol. The molecule has 5 aromatic rings. The highest BCUT2D eigenvalue weighted by atomic mass is 32.2. The lowest BCUT2D eigenvalue weighted by atomic mass is 10.2. The van der Waals surface area contributed by atoms with Gasteiger partial charge in [-0.2, -0.15) is 9.61 Å². The summed E-state index contributed by atoms with van der Waals surface area (Å²) < 4.78 is 23.1. The summed E-state index contributed by atoms with van der Waals surface area (Å²) in [7, 11) is 1.63. The lowest BCUT2D eigenvalue weighted by Gasteiger charge is -2.08. The quantitative estimate of drug-likeness (QED) is 0.382. The number of rotatable bonds is 6. The van der Waals surface area contributed by atoms with Crippen molar-refractivity contribution in [1.29, 1.82) is 0 Å². The van der Waals surface area contributed by atoms with Gasteiger partial charge in [0.05, 0.1) is 12.7 Å². The highest BCUT2D eigenvalue weighted by Gasteiger charge is 2.17. The van der Waals surface area contributed by atoms with Gasteiger partial charge in [-0.1, -0.05) is 12.1 Å². The number of benzene rings is 2. The lowest BCUT2D eigenvalue weighted by molar-refractivity contribution is 0.415. The summed E-state index contributed by atoms with van der Waals surface area (Å²) in [4.78, 5) is 0. The number of hydrogen-bond acceptors (Lipinski definition) is 7. The molecule has 160 valence electrons. The fraction of sp³-hybridized carbons (Fsp3) is 0.136. The molecule has 0 saturated heterocycles. The fourth-order valence-corrected chi connectivity index (χ4v) is 4.19. The molecule has 0 atom stereocenters. The van der Waals surface area contributed by atoms with Crippen LogP contribution in [-0.2, 0) is 6.54 Å². The minimum atomic E-state index is -0.378. The molecule has 0 fully saturated rings. The number of fused-ring (bicyclic) bond motifs is 1. The molecule has 3 heterocycles. The Morgan fingerprint density at radius 2 is 1.69 bits per heavy atom. The Balaban J connectivity index is 1.50. The molecule has 8 nitrogen and oxygen atoms in total. The number of ether oxygens (including phenoxy) is 1. The molecule has 3 aromatic heterocycles. The van der Waals surface area contributed by atoms with Crippen LogP contribution < -0.4 is 4.74 Å². The summed E-state index contributed by atoms with van der Waals surface area (Å²) in [5.74, 6) is 1.51. The van der Waals surface area contributed by atoms with Crippen molar-refractivity contribution in [2.24, 2.45) is 0 Å². The molecule has 0 amide bonds. The monoisotopic (exact) mass is 447 g/mol. The first-order valence-electron chi connectivity index (χ1n) is 9.90. The van der Waals surface area contributed by atoms with Crippen molar-refractivity contribution in [1.82, 2.24) is 34.6 Å². The molecule has 2 aromatic carbocycles. The molecular formula is C22H18FN7OS. The standard InChI is InChI=1S/C22H18FN7OS/c1-3-29-20(14-8-10-15(31-2)11-9-14)25-27-22(29)32-19-13-12-18-24-26-21(30(18)28-19)16-6-4-5-7-17(16)23/h4-13H,3H2,1-2H3. The Morgan fingerprint density at radius 1 is 0.906 bits per heavy atom. The minimum Gasteiger partial charge on any atom is -0.497 e.